The minimum Gasteiger partial charge on any atom is -0.484 e. The molecule has 0 atom stereocenters. The molecule has 0 unspecified atom stereocenters. The standard InChI is InChI=1S/C17H25N3O3/c1-2-13-3-5-15(6-4-13)23-12-17(22)19-14-7-9-20(10-8-14)11-16(18)21/h3-6,14H,2,7-12H2,1H3,(H2,18,21)(H,19,22). The number of ether oxygens (including phenoxy) is 1. The van der Waals surface area contributed by atoms with Crippen LogP contribution in [-0.4, -0.2) is 49.0 Å². The molecule has 0 radical (unpaired) electrons. The topological polar surface area (TPSA) is 84.7 Å². The van der Waals surface area contributed by atoms with Crippen LogP contribution in [0.2, 0.25) is 0 Å². The lowest BCUT2D eigenvalue weighted by Gasteiger charge is -2.31. The number of hydrogen-bond acceptors (Lipinski definition) is 4. The molecule has 1 fully saturated rings. The van der Waals surface area contributed by atoms with Crippen LogP contribution < -0.4 is 15.8 Å². The summed E-state index contributed by atoms with van der Waals surface area (Å²) in [4.78, 5) is 24.8. The van der Waals surface area contributed by atoms with E-state index in [-0.39, 0.29) is 31.0 Å². The molecule has 0 aliphatic carbocycles. The molecule has 1 aliphatic rings. The van der Waals surface area contributed by atoms with Crippen LogP contribution in [0.1, 0.15) is 25.3 Å². The van der Waals surface area contributed by atoms with Gasteiger partial charge in [-0.05, 0) is 37.0 Å². The Morgan fingerprint density at radius 3 is 2.48 bits per heavy atom. The number of carbonyl (C=O) groups is 2. The van der Waals surface area contributed by atoms with Crippen molar-refractivity contribution in [1.29, 1.82) is 0 Å². The van der Waals surface area contributed by atoms with Crippen LogP contribution in [0.5, 0.6) is 5.75 Å². The molecule has 23 heavy (non-hydrogen) atoms. The zero-order valence-corrected chi connectivity index (χ0v) is 13.6. The fraction of sp³-hybridized carbons (Fsp3) is 0.529. The molecular weight excluding hydrogens is 294 g/mol. The zero-order valence-electron chi connectivity index (χ0n) is 13.6. The summed E-state index contributed by atoms with van der Waals surface area (Å²) in [5.41, 5.74) is 6.43. The van der Waals surface area contributed by atoms with Crippen LogP contribution in [-0.2, 0) is 16.0 Å². The Morgan fingerprint density at radius 1 is 1.26 bits per heavy atom. The van der Waals surface area contributed by atoms with E-state index in [2.05, 4.69) is 12.2 Å². The summed E-state index contributed by atoms with van der Waals surface area (Å²) in [6.07, 6.45) is 2.63. The molecule has 1 aromatic carbocycles. The fourth-order valence-corrected chi connectivity index (χ4v) is 2.70. The number of amides is 2. The Bertz CT molecular complexity index is 522. The summed E-state index contributed by atoms with van der Waals surface area (Å²) in [6, 6.07) is 7.91. The number of hydrogen-bond donors (Lipinski definition) is 2. The Morgan fingerprint density at radius 2 is 1.91 bits per heavy atom. The van der Waals surface area contributed by atoms with Crippen molar-refractivity contribution >= 4 is 11.8 Å². The second-order valence-corrected chi connectivity index (χ2v) is 5.87. The van der Waals surface area contributed by atoms with E-state index in [9.17, 15) is 9.59 Å². The highest BCUT2D eigenvalue weighted by Gasteiger charge is 2.21. The molecule has 0 bridgehead atoms. The molecule has 0 spiro atoms. The maximum absolute atomic E-state index is 11.9. The Labute approximate surface area is 137 Å². The molecule has 126 valence electrons. The number of rotatable bonds is 7. The predicted octanol–water partition coefficient (Wildman–Crippen LogP) is 0.694. The van der Waals surface area contributed by atoms with Crippen molar-refractivity contribution in [1.82, 2.24) is 10.2 Å². The predicted molar refractivity (Wildman–Crippen MR) is 88.1 cm³/mol. The third kappa shape index (κ3) is 5.90. The highest BCUT2D eigenvalue weighted by Crippen LogP contribution is 2.13. The SMILES string of the molecule is CCc1ccc(OCC(=O)NC2CCN(CC(N)=O)CC2)cc1. The molecular formula is C17H25N3O3. The van der Waals surface area contributed by atoms with Crippen molar-refractivity contribution in [3.8, 4) is 5.75 Å². The first kappa shape index (κ1) is 17.3. The first-order chi connectivity index (χ1) is 11.1. The maximum Gasteiger partial charge on any atom is 0.258 e. The molecule has 1 saturated heterocycles. The van der Waals surface area contributed by atoms with E-state index in [4.69, 9.17) is 10.5 Å². The normalized spacial score (nSPS) is 16.0. The third-order valence-electron chi connectivity index (χ3n) is 4.03. The van der Waals surface area contributed by atoms with Crippen LogP contribution >= 0.6 is 0 Å². The van der Waals surface area contributed by atoms with Gasteiger partial charge in [-0.2, -0.15) is 0 Å². The van der Waals surface area contributed by atoms with E-state index in [1.807, 2.05) is 29.2 Å². The van der Waals surface area contributed by atoms with E-state index in [1.165, 1.54) is 5.56 Å². The van der Waals surface area contributed by atoms with Gasteiger partial charge in [-0.15, -0.1) is 0 Å². The molecule has 0 saturated carbocycles. The number of benzene rings is 1. The van der Waals surface area contributed by atoms with Gasteiger partial charge in [-0.25, -0.2) is 0 Å². The van der Waals surface area contributed by atoms with Crippen LogP contribution in [0, 0.1) is 0 Å². The van der Waals surface area contributed by atoms with Gasteiger partial charge in [0.25, 0.3) is 5.91 Å². The molecule has 6 nitrogen and oxygen atoms in total. The van der Waals surface area contributed by atoms with Crippen molar-refractivity contribution in [2.24, 2.45) is 5.73 Å². The molecule has 6 heteroatoms. The third-order valence-corrected chi connectivity index (χ3v) is 4.03. The fourth-order valence-electron chi connectivity index (χ4n) is 2.70. The molecule has 1 aliphatic heterocycles. The lowest BCUT2D eigenvalue weighted by atomic mass is 10.1. The van der Waals surface area contributed by atoms with Gasteiger partial charge in [-0.3, -0.25) is 14.5 Å². The number of likely N-dealkylation sites (tertiary alicyclic amines) is 1. The number of nitrogens with two attached hydrogens (primary N) is 1. The molecule has 3 N–H and O–H groups in total. The van der Waals surface area contributed by atoms with Crippen molar-refractivity contribution in [3.63, 3.8) is 0 Å². The first-order valence-electron chi connectivity index (χ1n) is 8.08. The van der Waals surface area contributed by atoms with Crippen LogP contribution in [0.15, 0.2) is 24.3 Å². The largest absolute Gasteiger partial charge is 0.484 e. The summed E-state index contributed by atoms with van der Waals surface area (Å²) >= 11 is 0. The van der Waals surface area contributed by atoms with Crippen molar-refractivity contribution in [3.05, 3.63) is 29.8 Å². The monoisotopic (exact) mass is 319 g/mol. The van der Waals surface area contributed by atoms with Crippen molar-refractivity contribution < 1.29 is 14.3 Å². The Hall–Kier alpha value is -2.08. The summed E-state index contributed by atoms with van der Waals surface area (Å²) < 4.78 is 5.50. The number of nitrogens with one attached hydrogen (secondary N) is 1. The number of carbonyl (C=O) groups excluding carboxylic acids is 2. The Kier molecular flexibility index (Phi) is 6.40. The second kappa shape index (κ2) is 8.53. The lowest BCUT2D eigenvalue weighted by molar-refractivity contribution is -0.124. The molecule has 1 aromatic rings. The number of primary amides is 1. The van der Waals surface area contributed by atoms with Gasteiger partial charge in [0.2, 0.25) is 5.91 Å². The highest BCUT2D eigenvalue weighted by molar-refractivity contribution is 5.78. The van der Waals surface area contributed by atoms with Crippen molar-refractivity contribution in [2.45, 2.75) is 32.2 Å². The number of aryl methyl sites for hydroxylation is 1. The first-order valence-corrected chi connectivity index (χ1v) is 8.08. The maximum atomic E-state index is 11.9. The van der Waals surface area contributed by atoms with Crippen LogP contribution in [0.4, 0.5) is 0 Å². The van der Waals surface area contributed by atoms with E-state index in [0.29, 0.717) is 5.75 Å². The Balaban J connectivity index is 1.68. The molecule has 2 amide bonds. The summed E-state index contributed by atoms with van der Waals surface area (Å²) in [5.74, 6) is 0.279. The highest BCUT2D eigenvalue weighted by atomic mass is 16.5. The van der Waals surface area contributed by atoms with Crippen molar-refractivity contribution in [2.75, 3.05) is 26.2 Å². The molecule has 1 heterocycles. The van der Waals surface area contributed by atoms with E-state index < -0.39 is 0 Å². The zero-order chi connectivity index (χ0) is 16.7. The summed E-state index contributed by atoms with van der Waals surface area (Å²) in [5, 5.41) is 2.98. The average Bonchev–Trinajstić information content (AvgIpc) is 2.55. The van der Waals surface area contributed by atoms with Gasteiger partial charge in [0.05, 0.1) is 6.54 Å². The minimum atomic E-state index is -0.310. The molecule has 2 rings (SSSR count). The summed E-state index contributed by atoms with van der Waals surface area (Å²) in [7, 11) is 0. The summed E-state index contributed by atoms with van der Waals surface area (Å²) in [6.45, 7) is 3.95. The van der Waals surface area contributed by atoms with E-state index >= 15 is 0 Å². The van der Waals surface area contributed by atoms with Gasteiger partial charge < -0.3 is 15.8 Å². The van der Waals surface area contributed by atoms with Gasteiger partial charge >= 0.3 is 0 Å². The van der Waals surface area contributed by atoms with Gasteiger partial charge in [0.15, 0.2) is 6.61 Å². The van der Waals surface area contributed by atoms with Crippen LogP contribution in [0.25, 0.3) is 0 Å². The average molecular weight is 319 g/mol. The van der Waals surface area contributed by atoms with Gasteiger partial charge in [0, 0.05) is 19.1 Å². The van der Waals surface area contributed by atoms with E-state index in [1.54, 1.807) is 0 Å². The lowest BCUT2D eigenvalue weighted by Crippen LogP contribution is -2.47. The minimum absolute atomic E-state index is 0.0208. The smallest absolute Gasteiger partial charge is 0.258 e. The second-order valence-electron chi connectivity index (χ2n) is 5.87. The quantitative estimate of drug-likeness (QED) is 0.774. The number of nitrogens with zero attached hydrogens (tertiary/aromatic N) is 1. The molecule has 0 aromatic heterocycles. The van der Waals surface area contributed by atoms with Crippen LogP contribution in [0.3, 0.4) is 0 Å². The van der Waals surface area contributed by atoms with Gasteiger partial charge in [-0.1, -0.05) is 19.1 Å². The number of piperidine rings is 1. The van der Waals surface area contributed by atoms with Gasteiger partial charge in [0.1, 0.15) is 5.75 Å². The van der Waals surface area contributed by atoms with E-state index in [0.717, 1.165) is 32.4 Å².